The third-order valence-corrected chi connectivity index (χ3v) is 8.61. The van der Waals surface area contributed by atoms with Crippen LogP contribution in [-0.2, 0) is 10.0 Å². The second-order valence-electron chi connectivity index (χ2n) is 7.04. The molecule has 0 aliphatic carbocycles. The first kappa shape index (κ1) is 22.2. The quantitative estimate of drug-likeness (QED) is 0.554. The number of para-hydroxylation sites is 1. The highest BCUT2D eigenvalue weighted by atomic mass is 35.5. The lowest BCUT2D eigenvalue weighted by Crippen LogP contribution is -2.39. The predicted molar refractivity (Wildman–Crippen MR) is 122 cm³/mol. The molecule has 1 saturated heterocycles. The van der Waals surface area contributed by atoms with Gasteiger partial charge in [-0.05, 0) is 43.2 Å². The minimum absolute atomic E-state index is 0.0998. The maximum Gasteiger partial charge on any atom is 0.286 e. The molecule has 1 fully saturated rings. The number of aromatic nitrogens is 2. The molecule has 1 atom stereocenters. The normalized spacial score (nSPS) is 17.4. The smallest absolute Gasteiger partial charge is 0.286 e. The number of carbonyl (C=O) groups excluding carboxylic acids is 1. The number of nitrogens with zero attached hydrogens (tertiary/aromatic N) is 3. The Kier molecular flexibility index (Phi) is 6.59. The van der Waals surface area contributed by atoms with Crippen LogP contribution in [0, 0.1) is 0 Å². The van der Waals surface area contributed by atoms with E-state index in [9.17, 15) is 13.2 Å². The van der Waals surface area contributed by atoms with Crippen LogP contribution in [0.5, 0.6) is 0 Å². The van der Waals surface area contributed by atoms with Gasteiger partial charge in [-0.3, -0.25) is 4.79 Å². The molecule has 0 radical (unpaired) electrons. The van der Waals surface area contributed by atoms with E-state index in [-0.39, 0.29) is 33.3 Å². The van der Waals surface area contributed by atoms with Gasteiger partial charge >= 0.3 is 0 Å². The zero-order valence-corrected chi connectivity index (χ0v) is 19.3. The summed E-state index contributed by atoms with van der Waals surface area (Å²) in [6.07, 6.45) is 1.44. The van der Waals surface area contributed by atoms with E-state index >= 15 is 0 Å². The van der Waals surface area contributed by atoms with E-state index in [2.05, 4.69) is 15.5 Å². The van der Waals surface area contributed by atoms with Crippen molar-refractivity contribution in [2.75, 3.05) is 18.4 Å². The molecule has 2 aromatic carbocycles. The van der Waals surface area contributed by atoms with Crippen LogP contribution in [0.3, 0.4) is 0 Å². The zero-order valence-electron chi connectivity index (χ0n) is 16.2. The fraction of sp³-hybridized carbons (Fsp3) is 0.250. The zero-order chi connectivity index (χ0) is 22.0. The number of anilines is 1. The lowest BCUT2D eigenvalue weighted by atomic mass is 10.0. The van der Waals surface area contributed by atoms with E-state index in [0.29, 0.717) is 28.7 Å². The summed E-state index contributed by atoms with van der Waals surface area (Å²) in [6, 6.07) is 13.4. The van der Waals surface area contributed by atoms with Gasteiger partial charge in [-0.1, -0.05) is 52.7 Å². The van der Waals surface area contributed by atoms with Gasteiger partial charge in [0.05, 0.1) is 14.9 Å². The molecule has 0 bridgehead atoms. The summed E-state index contributed by atoms with van der Waals surface area (Å²) in [7, 11) is -3.73. The average Bonchev–Trinajstić information content (AvgIpc) is 3.27. The Balaban J connectivity index is 1.49. The highest BCUT2D eigenvalue weighted by molar-refractivity contribution is 7.89. The van der Waals surface area contributed by atoms with Gasteiger partial charge in [-0.25, -0.2) is 8.42 Å². The highest BCUT2D eigenvalue weighted by Gasteiger charge is 2.33. The van der Waals surface area contributed by atoms with Crippen LogP contribution in [-0.4, -0.2) is 41.9 Å². The summed E-state index contributed by atoms with van der Waals surface area (Å²) in [5.74, 6) is -0.479. The molecule has 31 heavy (non-hydrogen) atoms. The van der Waals surface area contributed by atoms with E-state index in [1.807, 2.05) is 18.2 Å². The minimum Gasteiger partial charge on any atom is -0.320 e. The molecule has 162 valence electrons. The van der Waals surface area contributed by atoms with Gasteiger partial charge < -0.3 is 5.32 Å². The second kappa shape index (κ2) is 9.22. The number of benzene rings is 2. The Hall–Kier alpha value is -2.04. The molecule has 11 heteroatoms. The van der Waals surface area contributed by atoms with E-state index in [4.69, 9.17) is 23.2 Å². The number of carbonyl (C=O) groups is 1. The van der Waals surface area contributed by atoms with Crippen LogP contribution in [0.4, 0.5) is 5.69 Å². The van der Waals surface area contributed by atoms with Gasteiger partial charge in [0.15, 0.2) is 0 Å². The van der Waals surface area contributed by atoms with Crippen LogP contribution in [0.25, 0.3) is 0 Å². The van der Waals surface area contributed by atoms with Gasteiger partial charge in [0.1, 0.15) is 5.01 Å². The van der Waals surface area contributed by atoms with Crippen molar-refractivity contribution in [2.45, 2.75) is 23.7 Å². The third-order valence-electron chi connectivity index (χ3n) is 4.93. The number of sulfonamides is 1. The van der Waals surface area contributed by atoms with Crippen molar-refractivity contribution in [1.82, 2.24) is 14.5 Å². The number of nitrogens with one attached hydrogen (secondary N) is 1. The van der Waals surface area contributed by atoms with Gasteiger partial charge in [0.25, 0.3) is 5.91 Å². The van der Waals surface area contributed by atoms with Gasteiger partial charge in [-0.2, -0.15) is 4.31 Å². The van der Waals surface area contributed by atoms with Crippen LogP contribution < -0.4 is 5.32 Å². The molecule has 7 nitrogen and oxygen atoms in total. The van der Waals surface area contributed by atoms with E-state index in [0.717, 1.165) is 6.42 Å². The largest absolute Gasteiger partial charge is 0.320 e. The summed E-state index contributed by atoms with van der Waals surface area (Å²) in [6.45, 7) is 0.663. The van der Waals surface area contributed by atoms with Crippen molar-refractivity contribution in [3.63, 3.8) is 0 Å². The van der Waals surface area contributed by atoms with Crippen molar-refractivity contribution in [2.24, 2.45) is 0 Å². The number of hydrogen-bond donors (Lipinski definition) is 1. The summed E-state index contributed by atoms with van der Waals surface area (Å²) in [5.41, 5.74) is 0.667. The summed E-state index contributed by atoms with van der Waals surface area (Å²) < 4.78 is 27.6. The van der Waals surface area contributed by atoms with Crippen LogP contribution >= 0.6 is 34.5 Å². The molecule has 1 unspecified atom stereocenters. The number of rotatable bonds is 5. The second-order valence-corrected chi connectivity index (χ2v) is 10.8. The van der Waals surface area contributed by atoms with E-state index in [1.165, 1.54) is 33.8 Å². The van der Waals surface area contributed by atoms with Crippen molar-refractivity contribution in [3.8, 4) is 0 Å². The summed E-state index contributed by atoms with van der Waals surface area (Å²) in [4.78, 5) is 12.5. The third kappa shape index (κ3) is 4.91. The molecular formula is C20H18Cl2N4O3S2. The standard InChI is InChI=1S/C20H18Cl2N4O3S2/c21-16-9-8-15(11-17(16)22)31(28,29)26-10-4-5-13(12-26)19-24-25-20(30-19)18(27)23-14-6-2-1-3-7-14/h1-3,6-9,11,13H,4-5,10,12H2,(H,23,27). The lowest BCUT2D eigenvalue weighted by molar-refractivity contribution is 0.102. The molecule has 0 saturated carbocycles. The number of hydrogen-bond acceptors (Lipinski definition) is 6. The molecular weight excluding hydrogens is 479 g/mol. The topological polar surface area (TPSA) is 92.3 Å². The number of halogens is 2. The lowest BCUT2D eigenvalue weighted by Gasteiger charge is -2.30. The molecule has 1 aliphatic heterocycles. The molecule has 3 aromatic rings. The SMILES string of the molecule is O=C(Nc1ccccc1)c1nnc(C2CCCN(S(=O)(=O)c3ccc(Cl)c(Cl)c3)C2)s1. The minimum atomic E-state index is -3.73. The molecule has 1 N–H and O–H groups in total. The maximum absolute atomic E-state index is 13.1. The van der Waals surface area contributed by atoms with E-state index < -0.39 is 10.0 Å². The first-order valence-corrected chi connectivity index (χ1v) is 12.5. The Morgan fingerprint density at radius 2 is 1.87 bits per heavy atom. The molecule has 0 spiro atoms. The molecule has 1 aliphatic rings. The van der Waals surface area contributed by atoms with E-state index in [1.54, 1.807) is 12.1 Å². The first-order chi connectivity index (χ1) is 14.8. The predicted octanol–water partition coefficient (Wildman–Crippen LogP) is 4.67. The number of amides is 1. The highest BCUT2D eigenvalue weighted by Crippen LogP contribution is 2.33. The fourth-order valence-corrected chi connectivity index (χ4v) is 6.12. The summed E-state index contributed by atoms with van der Waals surface area (Å²) in [5, 5.41) is 12.3. The van der Waals surface area contributed by atoms with Crippen molar-refractivity contribution in [1.29, 1.82) is 0 Å². The van der Waals surface area contributed by atoms with Crippen molar-refractivity contribution >= 4 is 56.2 Å². The Morgan fingerprint density at radius 1 is 1.10 bits per heavy atom. The molecule has 1 aromatic heterocycles. The van der Waals surface area contributed by atoms with Crippen molar-refractivity contribution < 1.29 is 13.2 Å². The molecule has 1 amide bonds. The number of piperidine rings is 1. The fourth-order valence-electron chi connectivity index (χ4n) is 3.35. The van der Waals surface area contributed by atoms with Crippen LogP contribution in [0.15, 0.2) is 53.4 Å². The van der Waals surface area contributed by atoms with Gasteiger partial charge in [-0.15, -0.1) is 10.2 Å². The van der Waals surface area contributed by atoms with Crippen LogP contribution in [0.1, 0.15) is 33.6 Å². The summed E-state index contributed by atoms with van der Waals surface area (Å²) >= 11 is 13.1. The van der Waals surface area contributed by atoms with Gasteiger partial charge in [0, 0.05) is 24.7 Å². The Labute approximate surface area is 194 Å². The Bertz CT molecular complexity index is 1200. The van der Waals surface area contributed by atoms with Crippen molar-refractivity contribution in [3.05, 3.63) is 68.6 Å². The van der Waals surface area contributed by atoms with Gasteiger partial charge in [0.2, 0.25) is 15.0 Å². The monoisotopic (exact) mass is 496 g/mol. The first-order valence-electron chi connectivity index (χ1n) is 9.49. The maximum atomic E-state index is 13.1. The molecule has 2 heterocycles. The molecule has 4 rings (SSSR count). The van der Waals surface area contributed by atoms with Crippen LogP contribution in [0.2, 0.25) is 10.0 Å². The average molecular weight is 497 g/mol. The Morgan fingerprint density at radius 3 is 2.61 bits per heavy atom.